The molecule has 0 heterocycles. The van der Waals surface area contributed by atoms with E-state index in [1.807, 2.05) is 30.3 Å². The minimum atomic E-state index is 0.120. The Bertz CT molecular complexity index is 466. The van der Waals surface area contributed by atoms with Gasteiger partial charge in [0.25, 0.3) is 0 Å². The first-order valence-corrected chi connectivity index (χ1v) is 10.8. The number of amides is 1. The minimum absolute atomic E-state index is 0.120. The van der Waals surface area contributed by atoms with E-state index in [4.69, 9.17) is 0 Å². The van der Waals surface area contributed by atoms with Crippen molar-refractivity contribution in [2.75, 3.05) is 5.32 Å². The number of allylic oxidation sites excluding steroid dienone is 2. The third-order valence-corrected chi connectivity index (χ3v) is 4.72. The van der Waals surface area contributed by atoms with E-state index in [0.717, 1.165) is 24.9 Å². The third-order valence-electron chi connectivity index (χ3n) is 4.72. The van der Waals surface area contributed by atoms with Gasteiger partial charge >= 0.3 is 0 Å². The molecule has 0 bridgehead atoms. The lowest BCUT2D eigenvalue weighted by atomic mass is 10.1. The summed E-state index contributed by atoms with van der Waals surface area (Å²) >= 11 is 0. The van der Waals surface area contributed by atoms with Crippen molar-refractivity contribution in [2.24, 2.45) is 0 Å². The fraction of sp³-hybridized carbons (Fsp3) is 0.625. The molecule has 1 N–H and O–H groups in total. The molecule has 0 spiro atoms. The minimum Gasteiger partial charge on any atom is -0.326 e. The van der Waals surface area contributed by atoms with E-state index < -0.39 is 0 Å². The molecule has 0 aliphatic carbocycles. The molecule has 1 aromatic rings. The van der Waals surface area contributed by atoms with Crippen molar-refractivity contribution in [3.05, 3.63) is 42.5 Å². The molecule has 0 aliphatic rings. The van der Waals surface area contributed by atoms with Crippen LogP contribution in [0.4, 0.5) is 5.69 Å². The van der Waals surface area contributed by atoms with Crippen molar-refractivity contribution < 1.29 is 4.79 Å². The van der Waals surface area contributed by atoms with Gasteiger partial charge in [-0.15, -0.1) is 0 Å². The number of hydrogen-bond donors (Lipinski definition) is 1. The molecule has 0 saturated heterocycles. The number of unbranched alkanes of at least 4 members (excludes halogenated alkanes) is 11. The van der Waals surface area contributed by atoms with Crippen LogP contribution in [0.15, 0.2) is 42.5 Å². The van der Waals surface area contributed by atoms with Crippen molar-refractivity contribution >= 4 is 11.6 Å². The molecule has 2 nitrogen and oxygen atoms in total. The number of hydrogen-bond acceptors (Lipinski definition) is 1. The van der Waals surface area contributed by atoms with Crippen LogP contribution in [0.2, 0.25) is 0 Å². The zero-order chi connectivity index (χ0) is 18.7. The summed E-state index contributed by atoms with van der Waals surface area (Å²) in [5, 5.41) is 2.93. The first-order valence-electron chi connectivity index (χ1n) is 10.8. The summed E-state index contributed by atoms with van der Waals surface area (Å²) < 4.78 is 0. The standard InChI is InChI=1S/C24H39NO/c1-2-3-4-5-6-7-8-9-10-11-12-13-14-15-19-22-24(26)25-23-20-17-16-18-21-23/h12-13,16-18,20-21H,2-11,14-15,19,22H2,1H3,(H,25,26)/b13-12-. The molecule has 1 aromatic carbocycles. The highest BCUT2D eigenvalue weighted by atomic mass is 16.1. The Balaban J connectivity index is 1.84. The van der Waals surface area contributed by atoms with Gasteiger partial charge in [-0.25, -0.2) is 0 Å². The van der Waals surface area contributed by atoms with E-state index >= 15 is 0 Å². The van der Waals surface area contributed by atoms with Gasteiger partial charge in [-0.05, 0) is 44.2 Å². The van der Waals surface area contributed by atoms with Crippen LogP contribution in [0.3, 0.4) is 0 Å². The second kappa shape index (κ2) is 16.9. The molecule has 0 radical (unpaired) electrons. The van der Waals surface area contributed by atoms with Gasteiger partial charge in [0.2, 0.25) is 5.91 Å². The molecule has 146 valence electrons. The molecule has 0 saturated carbocycles. The van der Waals surface area contributed by atoms with Gasteiger partial charge in [0, 0.05) is 12.1 Å². The molecule has 0 aliphatic heterocycles. The number of anilines is 1. The Morgan fingerprint density at radius 3 is 1.92 bits per heavy atom. The highest BCUT2D eigenvalue weighted by Crippen LogP contribution is 2.11. The summed E-state index contributed by atoms with van der Waals surface area (Å²) in [6, 6.07) is 9.68. The molecule has 0 atom stereocenters. The maximum Gasteiger partial charge on any atom is 0.224 e. The number of carbonyl (C=O) groups is 1. The fourth-order valence-electron chi connectivity index (χ4n) is 3.10. The van der Waals surface area contributed by atoms with Crippen LogP contribution in [0.25, 0.3) is 0 Å². The average molecular weight is 358 g/mol. The second-order valence-corrected chi connectivity index (χ2v) is 7.25. The third kappa shape index (κ3) is 13.7. The van der Waals surface area contributed by atoms with E-state index in [-0.39, 0.29) is 5.91 Å². The Morgan fingerprint density at radius 2 is 1.31 bits per heavy atom. The monoisotopic (exact) mass is 357 g/mol. The van der Waals surface area contributed by atoms with Gasteiger partial charge in [-0.2, -0.15) is 0 Å². The quantitative estimate of drug-likeness (QED) is 0.239. The van der Waals surface area contributed by atoms with Crippen molar-refractivity contribution in [2.45, 2.75) is 96.8 Å². The van der Waals surface area contributed by atoms with Gasteiger partial charge < -0.3 is 5.32 Å². The van der Waals surface area contributed by atoms with Crippen molar-refractivity contribution in [1.29, 1.82) is 0 Å². The van der Waals surface area contributed by atoms with Crippen molar-refractivity contribution in [3.63, 3.8) is 0 Å². The summed E-state index contributed by atoms with van der Waals surface area (Å²) in [5.41, 5.74) is 0.887. The zero-order valence-corrected chi connectivity index (χ0v) is 16.8. The molecular weight excluding hydrogens is 318 g/mol. The summed E-state index contributed by atoms with van der Waals surface area (Å²) in [6.45, 7) is 2.27. The first kappa shape index (κ1) is 22.5. The van der Waals surface area contributed by atoms with Crippen LogP contribution in [0, 0.1) is 0 Å². The van der Waals surface area contributed by atoms with E-state index in [0.29, 0.717) is 6.42 Å². The highest BCUT2D eigenvalue weighted by molar-refractivity contribution is 5.90. The normalized spacial score (nSPS) is 11.1. The summed E-state index contributed by atoms with van der Waals surface area (Å²) in [7, 11) is 0. The number of rotatable bonds is 16. The first-order chi connectivity index (χ1) is 12.8. The number of nitrogens with one attached hydrogen (secondary N) is 1. The van der Waals surface area contributed by atoms with E-state index in [2.05, 4.69) is 24.4 Å². The maximum absolute atomic E-state index is 11.8. The van der Waals surface area contributed by atoms with E-state index in [9.17, 15) is 4.79 Å². The molecule has 1 rings (SSSR count). The van der Waals surface area contributed by atoms with Crippen LogP contribution in [0.5, 0.6) is 0 Å². The second-order valence-electron chi connectivity index (χ2n) is 7.25. The Labute approximate surface area is 161 Å². The Kier molecular flexibility index (Phi) is 14.6. The molecule has 2 heteroatoms. The number of carbonyl (C=O) groups excluding carboxylic acids is 1. The largest absolute Gasteiger partial charge is 0.326 e. The molecule has 0 aromatic heterocycles. The predicted molar refractivity (Wildman–Crippen MR) is 115 cm³/mol. The molecule has 26 heavy (non-hydrogen) atoms. The smallest absolute Gasteiger partial charge is 0.224 e. The molecule has 0 fully saturated rings. The average Bonchev–Trinajstić information content (AvgIpc) is 2.65. The lowest BCUT2D eigenvalue weighted by Gasteiger charge is -2.04. The zero-order valence-electron chi connectivity index (χ0n) is 16.8. The van der Waals surface area contributed by atoms with Gasteiger partial charge in [0.15, 0.2) is 0 Å². The molecule has 0 unspecified atom stereocenters. The van der Waals surface area contributed by atoms with Crippen LogP contribution in [-0.4, -0.2) is 5.91 Å². The van der Waals surface area contributed by atoms with Gasteiger partial charge in [-0.1, -0.05) is 88.6 Å². The van der Waals surface area contributed by atoms with Gasteiger partial charge in [0.1, 0.15) is 0 Å². The van der Waals surface area contributed by atoms with Crippen LogP contribution >= 0.6 is 0 Å². The van der Waals surface area contributed by atoms with Crippen LogP contribution in [-0.2, 0) is 4.79 Å². The summed E-state index contributed by atoms with van der Waals surface area (Å²) in [4.78, 5) is 11.8. The molecule has 1 amide bonds. The summed E-state index contributed by atoms with van der Waals surface area (Å²) in [5.74, 6) is 0.120. The van der Waals surface area contributed by atoms with Gasteiger partial charge in [0.05, 0.1) is 0 Å². The predicted octanol–water partition coefficient (Wildman–Crippen LogP) is 7.66. The Morgan fingerprint density at radius 1 is 0.769 bits per heavy atom. The number of para-hydroxylation sites is 1. The topological polar surface area (TPSA) is 29.1 Å². The van der Waals surface area contributed by atoms with E-state index in [1.54, 1.807) is 0 Å². The lowest BCUT2D eigenvalue weighted by molar-refractivity contribution is -0.116. The maximum atomic E-state index is 11.8. The SMILES string of the molecule is CCCCCCCCCCC/C=C\CCCCC(=O)Nc1ccccc1. The van der Waals surface area contributed by atoms with Crippen molar-refractivity contribution in [1.82, 2.24) is 0 Å². The Hall–Kier alpha value is -1.57. The van der Waals surface area contributed by atoms with Crippen LogP contribution < -0.4 is 5.32 Å². The van der Waals surface area contributed by atoms with Crippen LogP contribution in [0.1, 0.15) is 96.8 Å². The highest BCUT2D eigenvalue weighted by Gasteiger charge is 2.00. The van der Waals surface area contributed by atoms with Crippen molar-refractivity contribution in [3.8, 4) is 0 Å². The summed E-state index contributed by atoms with van der Waals surface area (Å²) in [6.07, 6.45) is 22.1. The lowest BCUT2D eigenvalue weighted by Crippen LogP contribution is -2.10. The molecular formula is C24H39NO. The number of benzene rings is 1. The van der Waals surface area contributed by atoms with Gasteiger partial charge in [-0.3, -0.25) is 4.79 Å². The van der Waals surface area contributed by atoms with E-state index in [1.165, 1.54) is 64.2 Å². The fourth-order valence-corrected chi connectivity index (χ4v) is 3.10.